The summed E-state index contributed by atoms with van der Waals surface area (Å²) in [4.78, 5) is 22.7. The predicted molar refractivity (Wildman–Crippen MR) is 98.8 cm³/mol. The van der Waals surface area contributed by atoms with Gasteiger partial charge in [0.2, 0.25) is 10.0 Å². The van der Waals surface area contributed by atoms with Crippen molar-refractivity contribution < 1.29 is 27.6 Å². The number of nitro groups is 1. The highest BCUT2D eigenvalue weighted by molar-refractivity contribution is 7.89. The van der Waals surface area contributed by atoms with Gasteiger partial charge in [-0.05, 0) is 30.7 Å². The lowest BCUT2D eigenvalue weighted by molar-refractivity contribution is -0.384. The number of nitro benzene ring substituents is 1. The lowest BCUT2D eigenvalue weighted by Crippen LogP contribution is -2.40. The van der Waals surface area contributed by atoms with Crippen molar-refractivity contribution >= 4 is 21.7 Å². The first kappa shape index (κ1) is 19.9. The van der Waals surface area contributed by atoms with Gasteiger partial charge in [-0.1, -0.05) is 12.1 Å². The van der Waals surface area contributed by atoms with Crippen molar-refractivity contribution in [2.75, 3.05) is 26.3 Å². The Hall–Kier alpha value is -2.82. The number of benzene rings is 2. The number of aryl methyl sites for hydroxylation is 1. The fourth-order valence-corrected chi connectivity index (χ4v) is 4.42. The number of carbonyl (C=O) groups is 1. The van der Waals surface area contributed by atoms with E-state index in [2.05, 4.69) is 0 Å². The Labute approximate surface area is 161 Å². The second-order valence-electron chi connectivity index (χ2n) is 6.14. The molecule has 0 aliphatic carbocycles. The molecule has 2 aromatic rings. The highest BCUT2D eigenvalue weighted by atomic mass is 32.2. The Morgan fingerprint density at radius 2 is 1.89 bits per heavy atom. The van der Waals surface area contributed by atoms with Crippen LogP contribution in [-0.2, 0) is 14.8 Å². The highest BCUT2D eigenvalue weighted by Crippen LogP contribution is 2.24. The fraction of sp³-hybridized carbons (Fsp3) is 0.278. The average Bonchev–Trinajstić information content (AvgIpc) is 2.69. The van der Waals surface area contributed by atoms with Crippen LogP contribution < -0.4 is 4.74 Å². The third-order valence-corrected chi connectivity index (χ3v) is 6.29. The number of ether oxygens (including phenoxy) is 2. The number of non-ortho nitro benzene ring substituents is 1. The maximum absolute atomic E-state index is 12.9. The van der Waals surface area contributed by atoms with Crippen LogP contribution in [0.3, 0.4) is 0 Å². The molecule has 1 fully saturated rings. The summed E-state index contributed by atoms with van der Waals surface area (Å²) in [6.07, 6.45) is 0. The van der Waals surface area contributed by atoms with Gasteiger partial charge in [-0.2, -0.15) is 4.31 Å². The molecular formula is C18H18N2O7S. The number of rotatable bonds is 5. The number of carbonyl (C=O) groups excluding carboxylic acids is 1. The van der Waals surface area contributed by atoms with Crippen molar-refractivity contribution in [1.29, 1.82) is 0 Å². The summed E-state index contributed by atoms with van der Waals surface area (Å²) in [7, 11) is -3.78. The van der Waals surface area contributed by atoms with Crippen molar-refractivity contribution in [3.05, 3.63) is 63.7 Å². The molecule has 28 heavy (non-hydrogen) atoms. The number of sulfonamides is 1. The molecule has 1 aliphatic heterocycles. The van der Waals surface area contributed by atoms with E-state index in [9.17, 15) is 23.3 Å². The van der Waals surface area contributed by atoms with Crippen molar-refractivity contribution in [3.8, 4) is 5.75 Å². The number of nitrogens with zero attached hydrogens (tertiary/aromatic N) is 2. The van der Waals surface area contributed by atoms with Gasteiger partial charge in [-0.15, -0.1) is 0 Å². The molecule has 0 unspecified atom stereocenters. The zero-order valence-electron chi connectivity index (χ0n) is 15.0. The van der Waals surface area contributed by atoms with E-state index in [1.54, 1.807) is 6.92 Å². The van der Waals surface area contributed by atoms with Crippen LogP contribution >= 0.6 is 0 Å². The lowest BCUT2D eigenvalue weighted by Gasteiger charge is -2.26. The molecule has 10 heteroatoms. The van der Waals surface area contributed by atoms with Crippen molar-refractivity contribution in [2.24, 2.45) is 0 Å². The molecule has 0 saturated carbocycles. The van der Waals surface area contributed by atoms with E-state index in [1.165, 1.54) is 40.7 Å². The fourth-order valence-electron chi connectivity index (χ4n) is 2.76. The zero-order valence-corrected chi connectivity index (χ0v) is 15.8. The van der Waals surface area contributed by atoms with E-state index in [0.717, 1.165) is 6.07 Å². The molecule has 0 atom stereocenters. The molecule has 1 saturated heterocycles. The zero-order chi connectivity index (χ0) is 20.3. The Bertz CT molecular complexity index is 1010. The topological polar surface area (TPSA) is 116 Å². The van der Waals surface area contributed by atoms with Crippen LogP contribution in [-0.4, -0.2) is 49.9 Å². The average molecular weight is 406 g/mol. The molecule has 0 aromatic heterocycles. The first-order valence-electron chi connectivity index (χ1n) is 8.44. The second kappa shape index (κ2) is 8.05. The maximum atomic E-state index is 12.9. The van der Waals surface area contributed by atoms with Gasteiger partial charge in [0.05, 0.1) is 34.7 Å². The van der Waals surface area contributed by atoms with E-state index in [0.29, 0.717) is 18.8 Å². The summed E-state index contributed by atoms with van der Waals surface area (Å²) in [6, 6.07) is 9.44. The molecule has 1 aliphatic rings. The lowest BCUT2D eigenvalue weighted by atomic mass is 10.1. The van der Waals surface area contributed by atoms with Crippen LogP contribution in [0.5, 0.6) is 5.75 Å². The number of morpholine rings is 1. The number of hydrogen-bond donors (Lipinski definition) is 0. The van der Waals surface area contributed by atoms with Gasteiger partial charge >= 0.3 is 5.97 Å². The second-order valence-corrected chi connectivity index (χ2v) is 8.05. The number of esters is 1. The van der Waals surface area contributed by atoms with Gasteiger partial charge < -0.3 is 9.47 Å². The highest BCUT2D eigenvalue weighted by Gasteiger charge is 2.28. The summed E-state index contributed by atoms with van der Waals surface area (Å²) >= 11 is 0. The van der Waals surface area contributed by atoms with Crippen LogP contribution in [0.2, 0.25) is 0 Å². The van der Waals surface area contributed by atoms with Gasteiger partial charge in [0.25, 0.3) is 5.69 Å². The summed E-state index contributed by atoms with van der Waals surface area (Å²) in [5, 5.41) is 10.8. The van der Waals surface area contributed by atoms with Gasteiger partial charge in [-0.25, -0.2) is 13.2 Å². The first-order chi connectivity index (χ1) is 13.3. The normalized spacial score (nSPS) is 15.2. The monoisotopic (exact) mass is 406 g/mol. The molecule has 2 aromatic carbocycles. The summed E-state index contributed by atoms with van der Waals surface area (Å²) in [5.41, 5.74) is 0.312. The minimum absolute atomic E-state index is 0.00244. The van der Waals surface area contributed by atoms with Crippen LogP contribution in [0.1, 0.15) is 15.9 Å². The Kier molecular flexibility index (Phi) is 5.73. The number of hydrogen-bond acceptors (Lipinski definition) is 7. The maximum Gasteiger partial charge on any atom is 0.343 e. The molecule has 3 rings (SSSR count). The van der Waals surface area contributed by atoms with E-state index >= 15 is 0 Å². The smallest absolute Gasteiger partial charge is 0.343 e. The van der Waals surface area contributed by atoms with Crippen LogP contribution in [0.15, 0.2) is 47.4 Å². The van der Waals surface area contributed by atoms with E-state index in [1.807, 2.05) is 0 Å². The third kappa shape index (κ3) is 4.19. The third-order valence-electron chi connectivity index (χ3n) is 4.25. The van der Waals surface area contributed by atoms with Crippen LogP contribution in [0.25, 0.3) is 0 Å². The van der Waals surface area contributed by atoms with Crippen molar-refractivity contribution in [3.63, 3.8) is 0 Å². The van der Waals surface area contributed by atoms with Gasteiger partial charge in [0, 0.05) is 19.2 Å². The summed E-state index contributed by atoms with van der Waals surface area (Å²) in [6.45, 7) is 2.75. The van der Waals surface area contributed by atoms with Crippen molar-refractivity contribution in [2.45, 2.75) is 11.8 Å². The molecule has 0 N–H and O–H groups in total. The quantitative estimate of drug-likeness (QED) is 0.323. The molecule has 148 valence electrons. The minimum atomic E-state index is -3.78. The van der Waals surface area contributed by atoms with Crippen LogP contribution in [0.4, 0.5) is 5.69 Å². The predicted octanol–water partition coefficient (Wildman–Crippen LogP) is 2.14. The summed E-state index contributed by atoms with van der Waals surface area (Å²) < 4.78 is 37.5. The van der Waals surface area contributed by atoms with Crippen molar-refractivity contribution in [1.82, 2.24) is 4.31 Å². The van der Waals surface area contributed by atoms with E-state index in [-0.39, 0.29) is 35.0 Å². The summed E-state index contributed by atoms with van der Waals surface area (Å²) in [5.74, 6) is -0.809. The van der Waals surface area contributed by atoms with Gasteiger partial charge in [-0.3, -0.25) is 10.1 Å². The molecule has 0 bridgehead atoms. The first-order valence-corrected chi connectivity index (χ1v) is 9.88. The van der Waals surface area contributed by atoms with Crippen LogP contribution in [0, 0.1) is 17.0 Å². The molecule has 0 radical (unpaired) electrons. The van der Waals surface area contributed by atoms with Gasteiger partial charge in [0.1, 0.15) is 5.75 Å². The molecule has 0 amide bonds. The van der Waals surface area contributed by atoms with E-state index in [4.69, 9.17) is 9.47 Å². The standard InChI is InChI=1S/C18H18N2O7S/c1-13-5-6-14(11-17(13)28(24,25)19-7-9-26-10-8-19)18(21)27-16-4-2-3-15(12-16)20(22)23/h2-6,11-12H,7-10H2,1H3. The Balaban J connectivity index is 1.87. The Morgan fingerprint density at radius 1 is 1.18 bits per heavy atom. The molecule has 1 heterocycles. The molecule has 9 nitrogen and oxygen atoms in total. The molecular weight excluding hydrogens is 388 g/mol. The minimum Gasteiger partial charge on any atom is -0.423 e. The van der Waals surface area contributed by atoms with Gasteiger partial charge in [0.15, 0.2) is 0 Å². The molecule has 0 spiro atoms. The Morgan fingerprint density at radius 3 is 2.57 bits per heavy atom. The SMILES string of the molecule is Cc1ccc(C(=O)Oc2cccc([N+](=O)[O-])c2)cc1S(=O)(=O)N1CCOCC1. The largest absolute Gasteiger partial charge is 0.423 e. The van der Waals surface area contributed by atoms with E-state index < -0.39 is 20.9 Å².